The number of nitrogens with zero attached hydrogens (tertiary/aromatic N) is 3. The molecule has 1 amide bonds. The largest absolute Gasteiger partial charge is 0.445 e. The monoisotopic (exact) mass is 317 g/mol. The van der Waals surface area contributed by atoms with Crippen molar-refractivity contribution in [1.29, 1.82) is 0 Å². The molecule has 1 aromatic carbocycles. The number of β-amino-alcohol motifs (C(OH)–C–C–N with tert-alkyl or cyclic N) is 1. The predicted molar refractivity (Wildman–Crippen MR) is 80.4 cm³/mol. The average molecular weight is 317 g/mol. The van der Waals surface area contributed by atoms with E-state index in [4.69, 9.17) is 9.26 Å². The second-order valence-corrected chi connectivity index (χ2v) is 5.61. The summed E-state index contributed by atoms with van der Waals surface area (Å²) >= 11 is 0. The maximum absolute atomic E-state index is 12.1. The molecule has 1 aromatic heterocycles. The number of aliphatic hydroxyl groups is 1. The SMILES string of the molecule is CCc1noc(C2(O)CCN(C(=O)OCc3ccccc3)C2)n1. The van der Waals surface area contributed by atoms with Crippen molar-refractivity contribution in [2.45, 2.75) is 32.0 Å². The van der Waals surface area contributed by atoms with Crippen LogP contribution < -0.4 is 0 Å². The lowest BCUT2D eigenvalue weighted by Crippen LogP contribution is -2.35. The molecule has 7 nitrogen and oxygen atoms in total. The summed E-state index contributed by atoms with van der Waals surface area (Å²) in [5, 5.41) is 14.4. The van der Waals surface area contributed by atoms with Crippen molar-refractivity contribution < 1.29 is 19.2 Å². The van der Waals surface area contributed by atoms with Gasteiger partial charge in [0.05, 0.1) is 6.54 Å². The summed E-state index contributed by atoms with van der Waals surface area (Å²) in [7, 11) is 0. The Balaban J connectivity index is 1.59. The van der Waals surface area contributed by atoms with Gasteiger partial charge in [0, 0.05) is 19.4 Å². The Labute approximate surface area is 133 Å². The van der Waals surface area contributed by atoms with Gasteiger partial charge in [-0.25, -0.2) is 4.79 Å². The Morgan fingerprint density at radius 2 is 2.22 bits per heavy atom. The van der Waals surface area contributed by atoms with Gasteiger partial charge < -0.3 is 19.3 Å². The first-order valence-electron chi connectivity index (χ1n) is 7.62. The highest BCUT2D eigenvalue weighted by Crippen LogP contribution is 2.31. The lowest BCUT2D eigenvalue weighted by Gasteiger charge is -2.19. The molecular weight excluding hydrogens is 298 g/mol. The molecule has 2 heterocycles. The van der Waals surface area contributed by atoms with Gasteiger partial charge in [0.1, 0.15) is 6.61 Å². The van der Waals surface area contributed by atoms with Crippen molar-refractivity contribution >= 4 is 6.09 Å². The zero-order valence-corrected chi connectivity index (χ0v) is 12.9. The van der Waals surface area contributed by atoms with E-state index in [0.717, 1.165) is 5.56 Å². The Hall–Kier alpha value is -2.41. The van der Waals surface area contributed by atoms with Crippen molar-refractivity contribution in [3.63, 3.8) is 0 Å². The number of aromatic nitrogens is 2. The molecule has 0 spiro atoms. The Bertz CT molecular complexity index is 673. The molecule has 1 saturated heterocycles. The fourth-order valence-electron chi connectivity index (χ4n) is 2.52. The van der Waals surface area contributed by atoms with Crippen molar-refractivity contribution in [3.05, 3.63) is 47.6 Å². The zero-order valence-electron chi connectivity index (χ0n) is 12.9. The van der Waals surface area contributed by atoms with Crippen LogP contribution in [0.5, 0.6) is 0 Å². The first kappa shape index (κ1) is 15.5. The Morgan fingerprint density at radius 1 is 1.43 bits per heavy atom. The summed E-state index contributed by atoms with van der Waals surface area (Å²) in [4.78, 5) is 17.7. The predicted octanol–water partition coefficient (Wildman–Crippen LogP) is 1.86. The van der Waals surface area contributed by atoms with Crippen LogP contribution in [0.15, 0.2) is 34.9 Å². The normalized spacial score (nSPS) is 20.7. The van der Waals surface area contributed by atoms with E-state index >= 15 is 0 Å². The number of rotatable bonds is 4. The lowest BCUT2D eigenvalue weighted by molar-refractivity contribution is 0.0119. The summed E-state index contributed by atoms with van der Waals surface area (Å²) in [5.74, 6) is 0.700. The van der Waals surface area contributed by atoms with Crippen molar-refractivity contribution in [2.75, 3.05) is 13.1 Å². The molecule has 0 radical (unpaired) electrons. The summed E-state index contributed by atoms with van der Waals surface area (Å²) in [6.45, 7) is 2.58. The van der Waals surface area contributed by atoms with E-state index in [9.17, 15) is 9.90 Å². The molecule has 3 rings (SSSR count). The van der Waals surface area contributed by atoms with E-state index in [2.05, 4.69) is 10.1 Å². The lowest BCUT2D eigenvalue weighted by atomic mass is 10.0. The van der Waals surface area contributed by atoms with E-state index in [1.54, 1.807) is 0 Å². The molecule has 7 heteroatoms. The molecule has 23 heavy (non-hydrogen) atoms. The summed E-state index contributed by atoms with van der Waals surface area (Å²) in [5.41, 5.74) is -0.383. The molecule has 0 aliphatic carbocycles. The quantitative estimate of drug-likeness (QED) is 0.926. The average Bonchev–Trinajstić information content (AvgIpc) is 3.21. The van der Waals surface area contributed by atoms with Crippen molar-refractivity contribution in [3.8, 4) is 0 Å². The van der Waals surface area contributed by atoms with Crippen LogP contribution in [0.25, 0.3) is 0 Å². The van der Waals surface area contributed by atoms with Gasteiger partial charge >= 0.3 is 6.09 Å². The highest BCUT2D eigenvalue weighted by Gasteiger charge is 2.44. The molecule has 0 saturated carbocycles. The van der Waals surface area contributed by atoms with Crippen LogP contribution in [0.2, 0.25) is 0 Å². The summed E-state index contributed by atoms with van der Waals surface area (Å²) in [6, 6.07) is 9.45. The maximum atomic E-state index is 12.1. The number of hydrogen-bond acceptors (Lipinski definition) is 6. The minimum absolute atomic E-state index is 0.0893. The smallest absolute Gasteiger partial charge is 0.410 e. The summed E-state index contributed by atoms with van der Waals surface area (Å²) in [6.07, 6.45) is 0.515. The first-order chi connectivity index (χ1) is 11.1. The van der Waals surface area contributed by atoms with Gasteiger partial charge in [-0.15, -0.1) is 0 Å². The van der Waals surface area contributed by atoms with Gasteiger partial charge in [-0.05, 0) is 5.56 Å². The van der Waals surface area contributed by atoms with Crippen molar-refractivity contribution in [1.82, 2.24) is 15.0 Å². The van der Waals surface area contributed by atoms with Gasteiger partial charge in [-0.1, -0.05) is 42.4 Å². The minimum Gasteiger partial charge on any atom is -0.445 e. The second kappa shape index (κ2) is 6.37. The number of ether oxygens (including phenoxy) is 1. The molecular formula is C16H19N3O4. The number of carbonyl (C=O) groups excluding carboxylic acids is 1. The number of amides is 1. The second-order valence-electron chi connectivity index (χ2n) is 5.61. The number of aryl methyl sites for hydroxylation is 1. The fourth-order valence-corrected chi connectivity index (χ4v) is 2.52. The van der Waals surface area contributed by atoms with Crippen LogP contribution in [-0.4, -0.2) is 39.3 Å². The maximum Gasteiger partial charge on any atom is 0.410 e. The third kappa shape index (κ3) is 3.34. The molecule has 1 atom stereocenters. The Morgan fingerprint density at radius 3 is 2.91 bits per heavy atom. The Kier molecular flexibility index (Phi) is 4.29. The van der Waals surface area contributed by atoms with Gasteiger partial charge in [0.2, 0.25) is 0 Å². The molecule has 1 fully saturated rings. The van der Waals surface area contributed by atoms with Crippen LogP contribution in [0.3, 0.4) is 0 Å². The highest BCUT2D eigenvalue weighted by molar-refractivity contribution is 5.68. The van der Waals surface area contributed by atoms with Gasteiger partial charge in [-0.3, -0.25) is 0 Å². The van der Waals surface area contributed by atoms with Crippen molar-refractivity contribution in [2.24, 2.45) is 0 Å². The third-order valence-electron chi connectivity index (χ3n) is 3.89. The van der Waals surface area contributed by atoms with Crippen LogP contribution in [0.4, 0.5) is 4.79 Å². The minimum atomic E-state index is -1.30. The molecule has 1 unspecified atom stereocenters. The molecule has 0 bridgehead atoms. The van der Waals surface area contributed by atoms with Gasteiger partial charge in [0.15, 0.2) is 11.4 Å². The van der Waals surface area contributed by atoms with Gasteiger partial charge in [0.25, 0.3) is 5.89 Å². The highest BCUT2D eigenvalue weighted by atomic mass is 16.6. The number of benzene rings is 1. The molecule has 122 valence electrons. The first-order valence-corrected chi connectivity index (χ1v) is 7.62. The number of carbonyl (C=O) groups is 1. The number of hydrogen-bond donors (Lipinski definition) is 1. The van der Waals surface area contributed by atoms with E-state index < -0.39 is 11.7 Å². The molecule has 1 aliphatic rings. The zero-order chi connectivity index (χ0) is 16.3. The van der Waals surface area contributed by atoms with E-state index in [-0.39, 0.29) is 19.0 Å². The topological polar surface area (TPSA) is 88.7 Å². The van der Waals surface area contributed by atoms with E-state index in [0.29, 0.717) is 25.2 Å². The molecule has 1 N–H and O–H groups in total. The van der Waals surface area contributed by atoms with E-state index in [1.165, 1.54) is 4.90 Å². The molecule has 2 aromatic rings. The number of likely N-dealkylation sites (tertiary alicyclic amines) is 1. The third-order valence-corrected chi connectivity index (χ3v) is 3.89. The standard InChI is InChI=1S/C16H19N3O4/c1-2-13-17-14(23-18-13)16(21)8-9-19(11-16)15(20)22-10-12-6-4-3-5-7-12/h3-7,21H,2,8-11H2,1H3. The van der Waals surface area contributed by atoms with Crippen LogP contribution in [0, 0.1) is 0 Å². The van der Waals surface area contributed by atoms with Crippen LogP contribution >= 0.6 is 0 Å². The van der Waals surface area contributed by atoms with Crippen LogP contribution in [-0.2, 0) is 23.4 Å². The van der Waals surface area contributed by atoms with Gasteiger partial charge in [-0.2, -0.15) is 4.98 Å². The summed E-state index contributed by atoms with van der Waals surface area (Å²) < 4.78 is 10.4. The van der Waals surface area contributed by atoms with Crippen LogP contribution in [0.1, 0.15) is 30.6 Å². The molecule has 1 aliphatic heterocycles. The fraction of sp³-hybridized carbons (Fsp3) is 0.438. The van der Waals surface area contributed by atoms with E-state index in [1.807, 2.05) is 37.3 Å².